The Hall–Kier alpha value is -0.500. The molecule has 4 fully saturated rings. The fourth-order valence-corrected chi connectivity index (χ4v) is 9.99. The van der Waals surface area contributed by atoms with Gasteiger partial charge in [0, 0.05) is 0 Å². The van der Waals surface area contributed by atoms with Gasteiger partial charge in [0.2, 0.25) is 0 Å². The fourth-order valence-electron chi connectivity index (χ4n) is 9.99. The average Bonchev–Trinajstić information content (AvgIpc) is 3.26. The van der Waals surface area contributed by atoms with E-state index in [-0.39, 0.29) is 11.5 Å². The van der Waals surface area contributed by atoms with E-state index in [4.69, 9.17) is 9.47 Å². The molecule has 5 aliphatic rings. The summed E-state index contributed by atoms with van der Waals surface area (Å²) in [6.45, 7) is 12.0. The maximum Gasteiger partial charge on any atom is 0.186 e. The predicted octanol–water partition coefficient (Wildman–Crippen LogP) is 5.21. The molecule has 4 N–H and O–H groups in total. The number of rotatable bonds is 8. The van der Waals surface area contributed by atoms with Gasteiger partial charge in [-0.3, -0.25) is 0 Å². The Morgan fingerprint density at radius 3 is 2.36 bits per heavy atom. The maximum absolute atomic E-state index is 10.5. The van der Waals surface area contributed by atoms with Crippen molar-refractivity contribution in [1.29, 1.82) is 0 Å². The van der Waals surface area contributed by atoms with E-state index in [1.165, 1.54) is 44.9 Å². The summed E-state index contributed by atoms with van der Waals surface area (Å²) in [5, 5.41) is 40.3. The molecule has 1 aliphatic heterocycles. The summed E-state index contributed by atoms with van der Waals surface area (Å²) >= 11 is 0. The van der Waals surface area contributed by atoms with Crippen LogP contribution in [-0.4, -0.2) is 63.8 Å². The van der Waals surface area contributed by atoms with Gasteiger partial charge in [-0.25, -0.2) is 0 Å². The highest BCUT2D eigenvalue weighted by atomic mass is 16.7. The Bertz CT molecular complexity index is 872. The van der Waals surface area contributed by atoms with Crippen LogP contribution in [0.15, 0.2) is 11.6 Å². The first kappa shape index (κ1) is 30.0. The Labute approximate surface area is 236 Å². The summed E-state index contributed by atoms with van der Waals surface area (Å²) in [5.41, 5.74) is 2.51. The minimum absolute atomic E-state index is 0.0594. The SMILES string of the molecule is CC(C)CCCC(C)C1CCC2C3=CCC4CC(OC5OC(CO)C(O)C(O)C5O)CCC4(C)C3CCC21C. The third-order valence-corrected chi connectivity index (χ3v) is 12.4. The van der Waals surface area contributed by atoms with E-state index in [1.807, 2.05) is 0 Å². The van der Waals surface area contributed by atoms with Crippen molar-refractivity contribution < 1.29 is 29.9 Å². The molecule has 6 nitrogen and oxygen atoms in total. The zero-order chi connectivity index (χ0) is 28.1. The van der Waals surface area contributed by atoms with Crippen molar-refractivity contribution in [2.75, 3.05) is 6.61 Å². The van der Waals surface area contributed by atoms with E-state index in [0.717, 1.165) is 49.4 Å². The molecule has 39 heavy (non-hydrogen) atoms. The Kier molecular flexibility index (Phi) is 8.95. The van der Waals surface area contributed by atoms with E-state index < -0.39 is 37.3 Å². The predicted molar refractivity (Wildman–Crippen MR) is 152 cm³/mol. The molecule has 13 atom stereocenters. The summed E-state index contributed by atoms with van der Waals surface area (Å²) in [5.74, 6) is 4.42. The number of fused-ring (bicyclic) bond motifs is 5. The molecule has 0 aromatic heterocycles. The molecular weight excluding hydrogens is 492 g/mol. The third kappa shape index (κ3) is 5.41. The number of hydrogen-bond acceptors (Lipinski definition) is 6. The number of allylic oxidation sites excluding steroid dienone is 2. The van der Waals surface area contributed by atoms with Crippen LogP contribution in [0.25, 0.3) is 0 Å². The fraction of sp³-hybridized carbons (Fsp3) is 0.939. The minimum atomic E-state index is -1.39. The molecule has 13 unspecified atom stereocenters. The molecule has 3 saturated carbocycles. The molecule has 0 aromatic carbocycles. The second kappa shape index (κ2) is 11.6. The highest BCUT2D eigenvalue weighted by Gasteiger charge is 2.58. The van der Waals surface area contributed by atoms with Gasteiger partial charge in [-0.1, -0.05) is 65.5 Å². The van der Waals surface area contributed by atoms with Crippen LogP contribution in [0.1, 0.15) is 105 Å². The second-order valence-corrected chi connectivity index (χ2v) is 15.0. The van der Waals surface area contributed by atoms with Gasteiger partial charge >= 0.3 is 0 Å². The highest BCUT2D eigenvalue weighted by molar-refractivity contribution is 5.27. The van der Waals surface area contributed by atoms with Gasteiger partial charge in [0.05, 0.1) is 12.7 Å². The first-order chi connectivity index (χ1) is 18.5. The van der Waals surface area contributed by atoms with E-state index in [1.54, 1.807) is 5.57 Å². The molecule has 0 radical (unpaired) electrons. The van der Waals surface area contributed by atoms with Crippen LogP contribution in [0.4, 0.5) is 0 Å². The Morgan fingerprint density at radius 1 is 0.923 bits per heavy atom. The molecule has 0 amide bonds. The molecule has 1 heterocycles. The number of ether oxygens (including phenoxy) is 2. The lowest BCUT2D eigenvalue weighted by Gasteiger charge is -2.58. The highest BCUT2D eigenvalue weighted by Crippen LogP contribution is 2.67. The molecule has 4 aliphatic carbocycles. The number of hydrogen-bond donors (Lipinski definition) is 4. The Morgan fingerprint density at radius 2 is 1.64 bits per heavy atom. The second-order valence-electron chi connectivity index (χ2n) is 15.0. The largest absolute Gasteiger partial charge is 0.394 e. The van der Waals surface area contributed by atoms with Crippen molar-refractivity contribution in [3.05, 3.63) is 11.6 Å². The topological polar surface area (TPSA) is 99.4 Å². The van der Waals surface area contributed by atoms with Gasteiger partial charge in [0.25, 0.3) is 0 Å². The maximum atomic E-state index is 10.5. The zero-order valence-electron chi connectivity index (χ0n) is 25.1. The van der Waals surface area contributed by atoms with Gasteiger partial charge in [-0.2, -0.15) is 0 Å². The van der Waals surface area contributed by atoms with Crippen molar-refractivity contribution in [2.45, 2.75) is 142 Å². The lowest BCUT2D eigenvalue weighted by Crippen LogP contribution is -2.60. The molecule has 5 rings (SSSR count). The third-order valence-electron chi connectivity index (χ3n) is 12.4. The van der Waals surface area contributed by atoms with Crippen LogP contribution >= 0.6 is 0 Å². The van der Waals surface area contributed by atoms with Gasteiger partial charge in [0.15, 0.2) is 6.29 Å². The summed E-state index contributed by atoms with van der Waals surface area (Å²) in [6.07, 6.45) is 10.1. The molecule has 0 bridgehead atoms. The van der Waals surface area contributed by atoms with Gasteiger partial charge in [-0.15, -0.1) is 0 Å². The number of aliphatic hydroxyl groups is 4. The smallest absolute Gasteiger partial charge is 0.186 e. The van der Waals surface area contributed by atoms with E-state index in [0.29, 0.717) is 17.3 Å². The lowest BCUT2D eigenvalue weighted by atomic mass is 9.47. The zero-order valence-corrected chi connectivity index (χ0v) is 25.1. The molecule has 6 heteroatoms. The van der Waals surface area contributed by atoms with Crippen LogP contribution in [-0.2, 0) is 9.47 Å². The average molecular weight is 549 g/mol. The number of aliphatic hydroxyl groups excluding tert-OH is 4. The standard InChI is InChI=1S/C33H56O6/c1-19(2)7-6-8-20(3)24-11-12-25-23-10-9-21-17-22(13-15-32(21,4)26(23)14-16-33(24,25)5)38-31-30(37)29(36)28(35)27(18-34)39-31/h10,19-22,24-31,34-37H,6-9,11-18H2,1-5H3. The summed E-state index contributed by atoms with van der Waals surface area (Å²) in [6, 6.07) is 0. The molecule has 0 spiro atoms. The van der Waals surface area contributed by atoms with Crippen molar-refractivity contribution in [1.82, 2.24) is 0 Å². The molecular formula is C33H56O6. The van der Waals surface area contributed by atoms with Crippen molar-refractivity contribution >= 4 is 0 Å². The minimum Gasteiger partial charge on any atom is -0.394 e. The van der Waals surface area contributed by atoms with Crippen molar-refractivity contribution in [3.8, 4) is 0 Å². The van der Waals surface area contributed by atoms with Crippen LogP contribution in [0.5, 0.6) is 0 Å². The van der Waals surface area contributed by atoms with Gasteiger partial charge < -0.3 is 29.9 Å². The monoisotopic (exact) mass is 548 g/mol. The van der Waals surface area contributed by atoms with E-state index in [9.17, 15) is 20.4 Å². The molecule has 1 saturated heterocycles. The summed E-state index contributed by atoms with van der Waals surface area (Å²) in [7, 11) is 0. The first-order valence-electron chi connectivity index (χ1n) is 16.2. The van der Waals surface area contributed by atoms with E-state index >= 15 is 0 Å². The van der Waals surface area contributed by atoms with Crippen LogP contribution in [0.3, 0.4) is 0 Å². The van der Waals surface area contributed by atoms with Crippen LogP contribution in [0.2, 0.25) is 0 Å². The van der Waals surface area contributed by atoms with Crippen LogP contribution < -0.4 is 0 Å². The molecule has 224 valence electrons. The molecule has 0 aromatic rings. The van der Waals surface area contributed by atoms with Gasteiger partial charge in [-0.05, 0) is 97.7 Å². The van der Waals surface area contributed by atoms with Crippen LogP contribution in [0, 0.1) is 46.3 Å². The first-order valence-corrected chi connectivity index (χ1v) is 16.2. The normalized spacial score (nSPS) is 48.7. The Balaban J connectivity index is 1.24. The van der Waals surface area contributed by atoms with Crippen molar-refractivity contribution in [2.24, 2.45) is 46.3 Å². The lowest BCUT2D eigenvalue weighted by molar-refractivity contribution is -0.315. The van der Waals surface area contributed by atoms with E-state index in [2.05, 4.69) is 40.7 Å². The quantitative estimate of drug-likeness (QED) is 0.311. The van der Waals surface area contributed by atoms with Gasteiger partial charge in [0.1, 0.15) is 24.4 Å². The summed E-state index contributed by atoms with van der Waals surface area (Å²) < 4.78 is 11.9. The van der Waals surface area contributed by atoms with Crippen molar-refractivity contribution in [3.63, 3.8) is 0 Å². The summed E-state index contributed by atoms with van der Waals surface area (Å²) in [4.78, 5) is 0.